The van der Waals surface area contributed by atoms with E-state index < -0.39 is 161 Å². The van der Waals surface area contributed by atoms with E-state index in [0.29, 0.717) is 76.8 Å². The van der Waals surface area contributed by atoms with E-state index in [0.717, 1.165) is 4.90 Å². The molecule has 0 spiro atoms. The molecule has 0 bridgehead atoms. The van der Waals surface area contributed by atoms with Crippen molar-refractivity contribution < 1.29 is 81.6 Å². The standard InChI is InChI=1S/C81H111N11O17/c1-15-16-18-28-58(71(99)86-60(70(98)84-48-67(94)95)45-53-49-92(77(105)109-81(11,12)13)62-29-22-21-27-56(53)62)85-72(100)59(43-52-34-38-55(39-35-52)107-79(5,6)7)87-74(102)65(44-50-25-19-17-20-26-50)89(14)66(93)47-83-73(101)63-30-23-40-90(63)76(104)64-31-24-41-91(64)75(103)61(46-68(96)108-80(8,9)10)88-69(97)57(82)42-51-32-36-54(37-33-51)106-78(2,3)4/h17,19-22,25-27,29,32-39,49,57-61,63-65H,15-16,18,23-24,28,30-31,40-48,82H2,1-14H3,(H,83,101)(H,84,98)(H,85,100)(H,86,99)(H,87,102)(H,88,97)(H,94,95)/t57-,58-,59-,60-,61-,63-,64+,65-/m0/s1. The van der Waals surface area contributed by atoms with E-state index in [4.69, 9.17) is 24.7 Å². The van der Waals surface area contributed by atoms with Gasteiger partial charge in [-0.15, -0.1) is 0 Å². The number of hydrogen-bond donors (Lipinski definition) is 8. The molecular formula is C81H111N11O17. The Hall–Kier alpha value is -10.4. The quantitative estimate of drug-likeness (QED) is 0.0159. The number of esters is 1. The number of carbonyl (C=O) groups excluding carboxylic acids is 11. The zero-order valence-corrected chi connectivity index (χ0v) is 65.4. The number of rotatable bonds is 33. The highest BCUT2D eigenvalue weighted by molar-refractivity contribution is 6.00. The highest BCUT2D eigenvalue weighted by Crippen LogP contribution is 2.29. The van der Waals surface area contributed by atoms with Crippen molar-refractivity contribution in [2.75, 3.05) is 33.2 Å². The number of para-hydroxylation sites is 1. The summed E-state index contributed by atoms with van der Waals surface area (Å²) < 4.78 is 24.6. The van der Waals surface area contributed by atoms with E-state index in [1.165, 1.54) is 27.6 Å². The molecule has 0 aliphatic carbocycles. The van der Waals surface area contributed by atoms with Crippen LogP contribution in [0.25, 0.3) is 10.9 Å². The van der Waals surface area contributed by atoms with Crippen LogP contribution in [-0.2, 0) is 87.9 Å². The van der Waals surface area contributed by atoms with E-state index in [-0.39, 0.29) is 58.0 Å². The lowest BCUT2D eigenvalue weighted by Crippen LogP contribution is -2.59. The van der Waals surface area contributed by atoms with Crippen LogP contribution in [0.2, 0.25) is 0 Å². The van der Waals surface area contributed by atoms with Crippen LogP contribution < -0.4 is 47.1 Å². The molecule has 2 fully saturated rings. The number of ether oxygens (including phenoxy) is 4. The molecule has 592 valence electrons. The molecule has 0 saturated carbocycles. The van der Waals surface area contributed by atoms with Gasteiger partial charge >= 0.3 is 18.0 Å². The number of benzene rings is 4. The summed E-state index contributed by atoms with van der Waals surface area (Å²) >= 11 is 0. The molecule has 28 heteroatoms. The number of carboxylic acid groups (broad SMARTS) is 1. The minimum Gasteiger partial charge on any atom is -0.488 e. The molecule has 2 saturated heterocycles. The number of nitrogens with zero attached hydrogens (tertiary/aromatic N) is 4. The van der Waals surface area contributed by atoms with Crippen molar-refractivity contribution in [2.45, 2.75) is 244 Å². The Morgan fingerprint density at radius 2 is 1.06 bits per heavy atom. The molecule has 4 aromatic carbocycles. The molecule has 0 radical (unpaired) electrons. The molecule has 1 aromatic heterocycles. The van der Waals surface area contributed by atoms with Gasteiger partial charge in [-0.25, -0.2) is 4.79 Å². The van der Waals surface area contributed by atoms with Crippen molar-refractivity contribution in [1.29, 1.82) is 0 Å². The number of hydrogen-bond acceptors (Lipinski definition) is 17. The molecule has 7 rings (SSSR count). The Kier molecular flexibility index (Phi) is 30.0. The molecule has 2 aliphatic rings. The van der Waals surface area contributed by atoms with E-state index in [1.54, 1.807) is 145 Å². The van der Waals surface area contributed by atoms with Crippen LogP contribution in [0, 0.1) is 0 Å². The minimum atomic E-state index is -1.48. The van der Waals surface area contributed by atoms with Gasteiger partial charge in [0.05, 0.1) is 24.5 Å². The highest BCUT2D eigenvalue weighted by Gasteiger charge is 2.45. The summed E-state index contributed by atoms with van der Waals surface area (Å²) in [7, 11) is 1.38. The van der Waals surface area contributed by atoms with Crippen LogP contribution in [0.1, 0.15) is 170 Å². The van der Waals surface area contributed by atoms with Crippen LogP contribution in [0.15, 0.2) is 109 Å². The van der Waals surface area contributed by atoms with Gasteiger partial charge in [0.25, 0.3) is 0 Å². The fraction of sp³-hybridized carbons (Fsp3) is 0.531. The van der Waals surface area contributed by atoms with E-state index in [1.807, 2.05) is 48.5 Å². The number of carboxylic acids is 1. The third-order valence-electron chi connectivity index (χ3n) is 18.1. The van der Waals surface area contributed by atoms with Gasteiger partial charge in [-0.2, -0.15) is 0 Å². The fourth-order valence-corrected chi connectivity index (χ4v) is 13.0. The number of likely N-dealkylation sites (N-methyl/N-ethyl adjacent to an activating group) is 1. The van der Waals surface area contributed by atoms with Crippen LogP contribution in [0.5, 0.6) is 11.5 Å². The number of carbonyl (C=O) groups is 12. The lowest BCUT2D eigenvalue weighted by molar-refractivity contribution is -0.158. The Labute approximate surface area is 638 Å². The first-order valence-electron chi connectivity index (χ1n) is 37.4. The Morgan fingerprint density at radius 3 is 1.65 bits per heavy atom. The van der Waals surface area contributed by atoms with Gasteiger partial charge in [-0.1, -0.05) is 99.0 Å². The summed E-state index contributed by atoms with van der Waals surface area (Å²) in [6, 6.07) is 19.2. The largest absolute Gasteiger partial charge is 0.488 e. The van der Waals surface area contributed by atoms with E-state index in [9.17, 15) is 53.1 Å². The third kappa shape index (κ3) is 26.5. The van der Waals surface area contributed by atoms with Crippen LogP contribution >= 0.6 is 0 Å². The third-order valence-corrected chi connectivity index (χ3v) is 18.1. The van der Waals surface area contributed by atoms with Crippen molar-refractivity contribution in [3.63, 3.8) is 0 Å². The number of nitrogens with one attached hydrogen (secondary N) is 6. The number of nitrogens with two attached hydrogens (primary N) is 1. The highest BCUT2D eigenvalue weighted by atomic mass is 16.6. The lowest BCUT2D eigenvalue weighted by atomic mass is 10.00. The van der Waals surface area contributed by atoms with Crippen molar-refractivity contribution in [3.05, 3.63) is 132 Å². The number of unbranched alkanes of at least 4 members (excludes halogenated alkanes) is 2. The van der Waals surface area contributed by atoms with Gasteiger partial charge in [-0.05, 0) is 174 Å². The first-order chi connectivity index (χ1) is 51.2. The maximum atomic E-state index is 15.2. The average Bonchev–Trinajstić information content (AvgIpc) is 1.66. The topological polar surface area (TPSA) is 375 Å². The summed E-state index contributed by atoms with van der Waals surface area (Å²) in [6.45, 7) is 22.3. The van der Waals surface area contributed by atoms with Gasteiger partial charge in [0, 0.05) is 51.0 Å². The maximum absolute atomic E-state index is 15.2. The van der Waals surface area contributed by atoms with E-state index in [2.05, 4.69) is 31.9 Å². The van der Waals surface area contributed by atoms with Gasteiger partial charge in [-0.3, -0.25) is 57.3 Å². The Bertz CT molecular complexity index is 4020. The van der Waals surface area contributed by atoms with Crippen molar-refractivity contribution in [2.24, 2.45) is 5.73 Å². The zero-order valence-electron chi connectivity index (χ0n) is 65.4. The lowest BCUT2D eigenvalue weighted by Gasteiger charge is -2.33. The van der Waals surface area contributed by atoms with Crippen molar-refractivity contribution in [3.8, 4) is 11.5 Å². The number of amides is 9. The molecule has 9 amide bonds. The SMILES string of the molecule is CCCCC[C@H](NC(=O)[C@H](Cc1ccc(OC(C)(C)C)cc1)NC(=O)[C@H](Cc1ccccc1)N(C)C(=O)CNC(=O)[C@@H]1CCCN1C(=O)[C@H]1CCCN1C(=O)[C@H](CC(=O)OC(C)(C)C)NC(=O)[C@@H](N)Cc1ccc(OC(C)(C)C)cc1)C(=O)N[C@@H](Cc1cn(C(=O)OC(C)(C)C)c2ccccc12)C(=O)NCC(=O)O. The Balaban J connectivity index is 1.10. The molecule has 9 N–H and O–H groups in total. The van der Waals surface area contributed by atoms with Gasteiger partial charge in [0.15, 0.2) is 0 Å². The van der Waals surface area contributed by atoms with Crippen molar-refractivity contribution in [1.82, 2.24) is 51.2 Å². The number of likely N-dealkylation sites (tertiary alicyclic amines) is 2. The molecule has 8 atom stereocenters. The molecule has 0 unspecified atom stereocenters. The van der Waals surface area contributed by atoms with Gasteiger partial charge in [0.2, 0.25) is 53.2 Å². The molecule has 3 heterocycles. The first-order valence-corrected chi connectivity index (χ1v) is 37.4. The van der Waals surface area contributed by atoms with Crippen molar-refractivity contribution >= 4 is 82.1 Å². The summed E-state index contributed by atoms with van der Waals surface area (Å²) in [5.74, 6) is -7.68. The fourth-order valence-electron chi connectivity index (χ4n) is 13.0. The monoisotopic (exact) mass is 1510 g/mol. The summed E-state index contributed by atoms with van der Waals surface area (Å²) in [6.07, 6.45) is 2.80. The number of aromatic nitrogens is 1. The maximum Gasteiger partial charge on any atom is 0.419 e. The van der Waals surface area contributed by atoms with Crippen LogP contribution in [0.3, 0.4) is 0 Å². The molecule has 28 nitrogen and oxygen atoms in total. The number of fused-ring (bicyclic) bond motifs is 1. The van der Waals surface area contributed by atoms with Crippen LogP contribution in [-0.4, -0.2) is 200 Å². The van der Waals surface area contributed by atoms with Crippen LogP contribution in [0.4, 0.5) is 4.79 Å². The second-order valence-corrected chi connectivity index (χ2v) is 31.9. The normalized spacial score (nSPS) is 16.2. The minimum absolute atomic E-state index is 0.0546. The summed E-state index contributed by atoms with van der Waals surface area (Å²) in [5, 5.41) is 26.4. The smallest absolute Gasteiger partial charge is 0.419 e. The first kappa shape index (κ1) is 85.9. The second-order valence-electron chi connectivity index (χ2n) is 31.9. The molecule has 2 aliphatic heterocycles. The summed E-state index contributed by atoms with van der Waals surface area (Å²) in [4.78, 5) is 174. The average molecular weight is 1510 g/mol. The Morgan fingerprint density at radius 1 is 0.541 bits per heavy atom. The number of aliphatic carboxylic acids is 1. The van der Waals surface area contributed by atoms with Gasteiger partial charge in [0.1, 0.15) is 82.7 Å². The predicted octanol–water partition coefficient (Wildman–Crippen LogP) is 6.75. The molecular weight excluding hydrogens is 1400 g/mol. The summed E-state index contributed by atoms with van der Waals surface area (Å²) in [5.41, 5.74) is 6.38. The molecule has 109 heavy (non-hydrogen) atoms. The molecule has 5 aromatic rings. The second kappa shape index (κ2) is 38.1. The van der Waals surface area contributed by atoms with E-state index >= 15 is 9.59 Å². The zero-order chi connectivity index (χ0) is 80.3. The predicted molar refractivity (Wildman–Crippen MR) is 408 cm³/mol. The van der Waals surface area contributed by atoms with Gasteiger partial charge < -0.3 is 76.4 Å².